The summed E-state index contributed by atoms with van der Waals surface area (Å²) in [7, 11) is 0. The van der Waals surface area contributed by atoms with Gasteiger partial charge in [0.15, 0.2) is 0 Å². The van der Waals surface area contributed by atoms with E-state index in [1.54, 1.807) is 24.3 Å². The molecule has 0 unspecified atom stereocenters. The number of pyridine rings is 1. The largest absolute Gasteiger partial charge is 0.462 e. The second-order valence-electron chi connectivity index (χ2n) is 4.55. The van der Waals surface area contributed by atoms with Gasteiger partial charge in [-0.3, -0.25) is 10.1 Å². The van der Waals surface area contributed by atoms with Gasteiger partial charge in [-0.1, -0.05) is 23.7 Å². The summed E-state index contributed by atoms with van der Waals surface area (Å²) in [6, 6.07) is 9.56. The number of carbonyl (C=O) groups is 1. The van der Waals surface area contributed by atoms with Crippen LogP contribution < -0.4 is 5.32 Å². The lowest BCUT2D eigenvalue weighted by molar-refractivity contribution is -0.385. The molecular formula is C15H14ClN3O4. The smallest absolute Gasteiger partial charge is 0.339 e. The van der Waals surface area contributed by atoms with E-state index in [2.05, 4.69) is 10.3 Å². The molecule has 1 heterocycles. The molecule has 2 rings (SSSR count). The maximum atomic E-state index is 11.8. The maximum absolute atomic E-state index is 11.8. The number of halogens is 1. The van der Waals surface area contributed by atoms with Crippen molar-refractivity contribution in [2.45, 2.75) is 6.42 Å². The number of hydrogen-bond donors (Lipinski definition) is 1. The van der Waals surface area contributed by atoms with Gasteiger partial charge in [-0.15, -0.1) is 0 Å². The Balaban J connectivity index is 1.70. The molecule has 0 amide bonds. The minimum absolute atomic E-state index is 0.0655. The van der Waals surface area contributed by atoms with E-state index in [4.69, 9.17) is 16.3 Å². The van der Waals surface area contributed by atoms with Gasteiger partial charge in [0.25, 0.3) is 5.69 Å². The van der Waals surface area contributed by atoms with Crippen LogP contribution in [0.5, 0.6) is 0 Å². The highest BCUT2D eigenvalue weighted by Gasteiger charge is 2.10. The summed E-state index contributed by atoms with van der Waals surface area (Å²) < 4.78 is 5.12. The van der Waals surface area contributed by atoms with Crippen LogP contribution in [0.25, 0.3) is 0 Å². The van der Waals surface area contributed by atoms with Crippen LogP contribution in [-0.2, 0) is 4.74 Å². The summed E-state index contributed by atoms with van der Waals surface area (Å²) in [5.74, 6) is 0.0529. The first-order valence-corrected chi connectivity index (χ1v) is 7.21. The fraction of sp³-hybridized carbons (Fsp3) is 0.200. The second-order valence-corrected chi connectivity index (χ2v) is 4.96. The number of nitrogens with one attached hydrogen (secondary N) is 1. The Morgan fingerprint density at radius 1 is 1.30 bits per heavy atom. The highest BCUT2D eigenvalue weighted by Crippen LogP contribution is 2.16. The molecule has 0 atom stereocenters. The number of aromatic nitrogens is 1. The van der Waals surface area contributed by atoms with Gasteiger partial charge in [-0.05, 0) is 24.6 Å². The van der Waals surface area contributed by atoms with Gasteiger partial charge in [0.05, 0.1) is 22.1 Å². The van der Waals surface area contributed by atoms with E-state index in [1.807, 2.05) is 0 Å². The minimum atomic E-state index is -0.509. The first kappa shape index (κ1) is 16.7. The molecule has 0 bridgehead atoms. The van der Waals surface area contributed by atoms with Crippen LogP contribution in [0.15, 0.2) is 42.6 Å². The third kappa shape index (κ3) is 4.93. The number of hydrogen-bond acceptors (Lipinski definition) is 6. The second kappa shape index (κ2) is 8.09. The zero-order chi connectivity index (χ0) is 16.7. The highest BCUT2D eigenvalue weighted by molar-refractivity contribution is 6.33. The van der Waals surface area contributed by atoms with E-state index >= 15 is 0 Å². The molecule has 0 aliphatic rings. The monoisotopic (exact) mass is 335 g/mol. The predicted molar refractivity (Wildman–Crippen MR) is 85.7 cm³/mol. The Bertz CT molecular complexity index is 691. The Kier molecular flexibility index (Phi) is 5.87. The fourth-order valence-electron chi connectivity index (χ4n) is 1.76. The molecule has 0 fully saturated rings. The van der Waals surface area contributed by atoms with E-state index in [-0.39, 0.29) is 12.3 Å². The van der Waals surface area contributed by atoms with Crippen molar-refractivity contribution in [2.75, 3.05) is 18.5 Å². The van der Waals surface area contributed by atoms with Crippen molar-refractivity contribution >= 4 is 29.1 Å². The summed E-state index contributed by atoms with van der Waals surface area (Å²) in [4.78, 5) is 25.7. The third-order valence-electron chi connectivity index (χ3n) is 2.91. The minimum Gasteiger partial charge on any atom is -0.462 e. The van der Waals surface area contributed by atoms with Crippen molar-refractivity contribution in [1.82, 2.24) is 4.98 Å². The molecule has 1 aromatic carbocycles. The van der Waals surface area contributed by atoms with Gasteiger partial charge in [0.1, 0.15) is 12.0 Å². The molecule has 0 radical (unpaired) electrons. The first-order chi connectivity index (χ1) is 11.1. The predicted octanol–water partition coefficient (Wildman–Crippen LogP) is 3.30. The number of benzene rings is 1. The molecule has 0 saturated heterocycles. The molecule has 2 aromatic rings. The maximum Gasteiger partial charge on any atom is 0.339 e. The number of anilines is 1. The van der Waals surface area contributed by atoms with Gasteiger partial charge in [-0.2, -0.15) is 0 Å². The lowest BCUT2D eigenvalue weighted by atomic mass is 10.2. The Morgan fingerprint density at radius 3 is 2.74 bits per heavy atom. The van der Waals surface area contributed by atoms with Crippen LogP contribution in [0.2, 0.25) is 5.02 Å². The summed E-state index contributed by atoms with van der Waals surface area (Å²) in [6.45, 7) is 0.741. The summed E-state index contributed by atoms with van der Waals surface area (Å²) in [6.07, 6.45) is 1.74. The van der Waals surface area contributed by atoms with Gasteiger partial charge >= 0.3 is 5.97 Å². The number of esters is 1. The number of nitrogens with zero attached hydrogens (tertiary/aromatic N) is 2. The van der Waals surface area contributed by atoms with Crippen molar-refractivity contribution < 1.29 is 14.5 Å². The van der Waals surface area contributed by atoms with E-state index in [0.717, 1.165) is 0 Å². The van der Waals surface area contributed by atoms with Crippen molar-refractivity contribution in [3.05, 3.63) is 63.3 Å². The van der Waals surface area contributed by atoms with Crippen molar-refractivity contribution in [3.63, 3.8) is 0 Å². The topological polar surface area (TPSA) is 94.4 Å². The number of carbonyl (C=O) groups excluding carboxylic acids is 1. The van der Waals surface area contributed by atoms with E-state index in [1.165, 1.54) is 18.3 Å². The molecule has 120 valence electrons. The molecule has 0 spiro atoms. The highest BCUT2D eigenvalue weighted by atomic mass is 35.5. The van der Waals surface area contributed by atoms with E-state index < -0.39 is 10.9 Å². The molecule has 7 nitrogen and oxygen atoms in total. The van der Waals surface area contributed by atoms with Gasteiger partial charge in [0.2, 0.25) is 0 Å². The fourth-order valence-corrected chi connectivity index (χ4v) is 1.97. The van der Waals surface area contributed by atoms with E-state index in [0.29, 0.717) is 29.4 Å². The Morgan fingerprint density at radius 2 is 2.09 bits per heavy atom. The quantitative estimate of drug-likeness (QED) is 0.361. The number of nitro groups is 1. The molecule has 0 aliphatic heterocycles. The van der Waals surface area contributed by atoms with Crippen LogP contribution in [0.1, 0.15) is 16.8 Å². The van der Waals surface area contributed by atoms with Crippen LogP contribution in [0, 0.1) is 10.1 Å². The van der Waals surface area contributed by atoms with Gasteiger partial charge in [0, 0.05) is 12.6 Å². The van der Waals surface area contributed by atoms with Gasteiger partial charge < -0.3 is 10.1 Å². The Labute approximate surface area is 137 Å². The lowest BCUT2D eigenvalue weighted by Crippen LogP contribution is -2.11. The molecule has 0 aliphatic carbocycles. The Hall–Kier alpha value is -2.67. The first-order valence-electron chi connectivity index (χ1n) is 6.84. The molecule has 1 N–H and O–H groups in total. The molecule has 1 aromatic heterocycles. The van der Waals surface area contributed by atoms with Crippen molar-refractivity contribution in [2.24, 2.45) is 0 Å². The molecule has 0 saturated carbocycles. The molecule has 8 heteroatoms. The zero-order valence-electron chi connectivity index (χ0n) is 12.1. The summed E-state index contributed by atoms with van der Waals surface area (Å²) >= 11 is 5.90. The van der Waals surface area contributed by atoms with Crippen LogP contribution in [0.3, 0.4) is 0 Å². The molecule has 23 heavy (non-hydrogen) atoms. The normalized spacial score (nSPS) is 10.1. The van der Waals surface area contributed by atoms with Gasteiger partial charge in [-0.25, -0.2) is 9.78 Å². The third-order valence-corrected chi connectivity index (χ3v) is 3.24. The van der Waals surface area contributed by atoms with Crippen molar-refractivity contribution in [3.8, 4) is 0 Å². The van der Waals surface area contributed by atoms with Crippen LogP contribution in [-0.4, -0.2) is 29.0 Å². The number of ether oxygens (including phenoxy) is 1. The van der Waals surface area contributed by atoms with E-state index in [9.17, 15) is 14.9 Å². The average molecular weight is 336 g/mol. The lowest BCUT2D eigenvalue weighted by Gasteiger charge is -2.07. The molecular weight excluding hydrogens is 322 g/mol. The standard InChI is InChI=1S/C15H14ClN3O4/c16-13-5-2-1-4-12(13)15(20)23-9-3-8-17-14-7-6-11(10-18-14)19(21)22/h1-2,4-7,10H,3,8-9H2,(H,17,18). The summed E-state index contributed by atoms with van der Waals surface area (Å²) in [5, 5.41) is 13.8. The van der Waals surface area contributed by atoms with Crippen LogP contribution in [0.4, 0.5) is 11.5 Å². The number of rotatable bonds is 7. The average Bonchev–Trinajstić information content (AvgIpc) is 2.55. The SMILES string of the molecule is O=C(OCCCNc1ccc([N+](=O)[O-])cn1)c1ccccc1Cl. The summed E-state index contributed by atoms with van der Waals surface area (Å²) in [5.41, 5.74) is 0.267. The van der Waals surface area contributed by atoms with Crippen LogP contribution >= 0.6 is 11.6 Å². The van der Waals surface area contributed by atoms with Crippen molar-refractivity contribution in [1.29, 1.82) is 0 Å². The zero-order valence-corrected chi connectivity index (χ0v) is 12.8.